The highest BCUT2D eigenvalue weighted by Crippen LogP contribution is 1.93. The topological polar surface area (TPSA) is 75.6 Å². The molecule has 0 aliphatic rings. The van der Waals surface area contributed by atoms with E-state index in [0.29, 0.717) is 0 Å². The van der Waals surface area contributed by atoms with Crippen LogP contribution in [0.15, 0.2) is 12.2 Å². The van der Waals surface area contributed by atoms with Gasteiger partial charge in [0.15, 0.2) is 6.10 Å². The van der Waals surface area contributed by atoms with Gasteiger partial charge in [0.1, 0.15) is 0 Å². The summed E-state index contributed by atoms with van der Waals surface area (Å²) < 4.78 is 4.41. The number of aliphatic hydroxyl groups is 1. The van der Waals surface area contributed by atoms with Crippen LogP contribution < -0.4 is 5.32 Å². The first kappa shape index (κ1) is 14.6. The van der Waals surface area contributed by atoms with Crippen molar-refractivity contribution in [2.45, 2.75) is 32.3 Å². The quantitative estimate of drug-likeness (QED) is 0.489. The summed E-state index contributed by atoms with van der Waals surface area (Å²) in [6.07, 6.45) is 3.94. The van der Waals surface area contributed by atoms with E-state index in [1.54, 1.807) is 6.08 Å². The molecule has 0 heterocycles. The van der Waals surface area contributed by atoms with Gasteiger partial charge in [0, 0.05) is 6.54 Å². The smallest absolute Gasteiger partial charge is 0.307 e. The molecule has 0 saturated carbocycles. The molecule has 0 aliphatic heterocycles. The largest absolute Gasteiger partial charge is 0.469 e. The van der Waals surface area contributed by atoms with Crippen LogP contribution in [0.2, 0.25) is 0 Å². The summed E-state index contributed by atoms with van der Waals surface area (Å²) in [5.41, 5.74) is 0. The standard InChI is InChI=1S/C11H19NO4/c1-3-4-5-6-9(13)11(15)12-8-7-10(14)16-2/h5-6,9,13H,3-4,7-8H2,1-2H3,(H,12,15). The van der Waals surface area contributed by atoms with Gasteiger partial charge < -0.3 is 15.2 Å². The lowest BCUT2D eigenvalue weighted by Crippen LogP contribution is -2.34. The van der Waals surface area contributed by atoms with E-state index in [1.807, 2.05) is 6.92 Å². The Labute approximate surface area is 95.5 Å². The average molecular weight is 229 g/mol. The van der Waals surface area contributed by atoms with E-state index in [9.17, 15) is 14.7 Å². The second-order valence-corrected chi connectivity index (χ2v) is 3.28. The van der Waals surface area contributed by atoms with Crippen LogP contribution in [0, 0.1) is 0 Å². The highest BCUT2D eigenvalue weighted by atomic mass is 16.5. The van der Waals surface area contributed by atoms with Gasteiger partial charge >= 0.3 is 5.97 Å². The Balaban J connectivity index is 3.75. The summed E-state index contributed by atoms with van der Waals surface area (Å²) in [6.45, 7) is 2.18. The summed E-state index contributed by atoms with van der Waals surface area (Å²) in [6, 6.07) is 0. The number of esters is 1. The van der Waals surface area contributed by atoms with Crippen molar-refractivity contribution in [3.8, 4) is 0 Å². The van der Waals surface area contributed by atoms with Gasteiger partial charge in [-0.3, -0.25) is 9.59 Å². The van der Waals surface area contributed by atoms with E-state index in [4.69, 9.17) is 0 Å². The fourth-order valence-electron chi connectivity index (χ4n) is 0.974. The average Bonchev–Trinajstić information content (AvgIpc) is 2.28. The van der Waals surface area contributed by atoms with E-state index < -0.39 is 18.0 Å². The van der Waals surface area contributed by atoms with Crippen LogP contribution in [0.25, 0.3) is 0 Å². The Morgan fingerprint density at radius 1 is 1.50 bits per heavy atom. The van der Waals surface area contributed by atoms with E-state index in [2.05, 4.69) is 10.1 Å². The SMILES string of the molecule is CCCC=CC(O)C(=O)NCCC(=O)OC. The molecule has 0 aromatic carbocycles. The highest BCUT2D eigenvalue weighted by Gasteiger charge is 2.10. The zero-order chi connectivity index (χ0) is 12.4. The molecule has 0 saturated heterocycles. The molecule has 0 radical (unpaired) electrons. The maximum absolute atomic E-state index is 11.2. The van der Waals surface area contributed by atoms with Crippen molar-refractivity contribution in [3.63, 3.8) is 0 Å². The number of carbonyl (C=O) groups excluding carboxylic acids is 2. The summed E-state index contributed by atoms with van der Waals surface area (Å²) >= 11 is 0. The van der Waals surface area contributed by atoms with Crippen molar-refractivity contribution in [1.82, 2.24) is 5.32 Å². The Bertz CT molecular complexity index is 250. The fourth-order valence-corrected chi connectivity index (χ4v) is 0.974. The van der Waals surface area contributed by atoms with E-state index >= 15 is 0 Å². The number of amides is 1. The van der Waals surface area contributed by atoms with Crippen LogP contribution in [0.1, 0.15) is 26.2 Å². The van der Waals surface area contributed by atoms with Gasteiger partial charge in [-0.2, -0.15) is 0 Å². The van der Waals surface area contributed by atoms with Crippen LogP contribution in [0.4, 0.5) is 0 Å². The molecule has 5 nitrogen and oxygen atoms in total. The van der Waals surface area contributed by atoms with Gasteiger partial charge in [0.25, 0.3) is 5.91 Å². The normalized spacial score (nSPS) is 12.4. The minimum atomic E-state index is -1.15. The number of aliphatic hydroxyl groups excluding tert-OH is 1. The highest BCUT2D eigenvalue weighted by molar-refractivity contribution is 5.82. The molecule has 0 spiro atoms. The van der Waals surface area contributed by atoms with Gasteiger partial charge in [-0.05, 0) is 6.42 Å². The maximum atomic E-state index is 11.2. The summed E-state index contributed by atoms with van der Waals surface area (Å²) in [7, 11) is 1.28. The number of unbranched alkanes of at least 4 members (excludes halogenated alkanes) is 1. The molecular formula is C11H19NO4. The van der Waals surface area contributed by atoms with Crippen LogP contribution in [-0.2, 0) is 14.3 Å². The molecular weight excluding hydrogens is 210 g/mol. The van der Waals surface area contributed by atoms with E-state index in [0.717, 1.165) is 12.8 Å². The molecule has 0 aliphatic carbocycles. The van der Waals surface area contributed by atoms with Gasteiger partial charge in [-0.15, -0.1) is 0 Å². The van der Waals surface area contributed by atoms with E-state index in [1.165, 1.54) is 13.2 Å². The molecule has 0 fully saturated rings. The summed E-state index contributed by atoms with van der Waals surface area (Å²) in [4.78, 5) is 22.0. The lowest BCUT2D eigenvalue weighted by molar-refractivity contribution is -0.140. The number of hydrogen-bond donors (Lipinski definition) is 2. The molecule has 0 aromatic heterocycles. The third-order valence-electron chi connectivity index (χ3n) is 1.90. The molecule has 2 N–H and O–H groups in total. The van der Waals surface area contributed by atoms with Crippen LogP contribution in [0.3, 0.4) is 0 Å². The molecule has 0 bridgehead atoms. The first-order valence-corrected chi connectivity index (χ1v) is 5.31. The van der Waals surface area contributed by atoms with Crippen LogP contribution >= 0.6 is 0 Å². The zero-order valence-electron chi connectivity index (χ0n) is 9.73. The number of methoxy groups -OCH3 is 1. The van der Waals surface area contributed by atoms with Gasteiger partial charge in [-0.25, -0.2) is 0 Å². The summed E-state index contributed by atoms with van der Waals surface area (Å²) in [5, 5.41) is 11.8. The molecule has 0 aromatic rings. The molecule has 1 atom stereocenters. The second kappa shape index (κ2) is 8.91. The zero-order valence-corrected chi connectivity index (χ0v) is 9.73. The van der Waals surface area contributed by atoms with Crippen molar-refractivity contribution < 1.29 is 19.4 Å². The van der Waals surface area contributed by atoms with Crippen molar-refractivity contribution in [1.29, 1.82) is 0 Å². The Morgan fingerprint density at radius 3 is 2.75 bits per heavy atom. The van der Waals surface area contributed by atoms with Crippen LogP contribution in [-0.4, -0.2) is 36.7 Å². The number of ether oxygens (including phenoxy) is 1. The van der Waals surface area contributed by atoms with E-state index in [-0.39, 0.29) is 13.0 Å². The monoisotopic (exact) mass is 229 g/mol. The Morgan fingerprint density at radius 2 is 2.19 bits per heavy atom. The predicted molar refractivity (Wildman–Crippen MR) is 59.7 cm³/mol. The molecule has 16 heavy (non-hydrogen) atoms. The van der Waals surface area contributed by atoms with Crippen molar-refractivity contribution >= 4 is 11.9 Å². The Kier molecular flexibility index (Phi) is 8.15. The van der Waals surface area contributed by atoms with Crippen LogP contribution in [0.5, 0.6) is 0 Å². The van der Waals surface area contributed by atoms with Crippen molar-refractivity contribution in [2.24, 2.45) is 0 Å². The third kappa shape index (κ3) is 7.00. The fraction of sp³-hybridized carbons (Fsp3) is 0.636. The third-order valence-corrected chi connectivity index (χ3v) is 1.90. The molecule has 5 heteroatoms. The van der Waals surface area contributed by atoms with Crippen molar-refractivity contribution in [3.05, 3.63) is 12.2 Å². The molecule has 1 amide bonds. The lowest BCUT2D eigenvalue weighted by atomic mass is 10.2. The predicted octanol–water partition coefficient (Wildman–Crippen LogP) is 0.383. The number of nitrogens with one attached hydrogen (secondary N) is 1. The number of hydrogen-bond acceptors (Lipinski definition) is 4. The van der Waals surface area contributed by atoms with Gasteiger partial charge in [0.05, 0.1) is 13.5 Å². The second-order valence-electron chi connectivity index (χ2n) is 3.28. The lowest BCUT2D eigenvalue weighted by Gasteiger charge is -2.06. The van der Waals surface area contributed by atoms with Gasteiger partial charge in [0.2, 0.25) is 0 Å². The maximum Gasteiger partial charge on any atom is 0.307 e. The number of carbonyl (C=O) groups is 2. The van der Waals surface area contributed by atoms with Gasteiger partial charge in [-0.1, -0.05) is 25.5 Å². The Hall–Kier alpha value is -1.36. The first-order chi connectivity index (χ1) is 7.61. The molecule has 1 unspecified atom stereocenters. The first-order valence-electron chi connectivity index (χ1n) is 5.31. The van der Waals surface area contributed by atoms with Crippen molar-refractivity contribution in [2.75, 3.05) is 13.7 Å². The minimum Gasteiger partial charge on any atom is -0.469 e. The molecule has 92 valence electrons. The minimum absolute atomic E-state index is 0.105. The number of rotatable bonds is 7. The number of allylic oxidation sites excluding steroid dienone is 1. The molecule has 0 rings (SSSR count). The summed E-state index contributed by atoms with van der Waals surface area (Å²) in [5.74, 6) is -0.896.